The highest BCUT2D eigenvalue weighted by Crippen LogP contribution is 2.15. The Hall–Kier alpha value is -1.21. The van der Waals surface area contributed by atoms with Gasteiger partial charge in [0, 0.05) is 17.2 Å². The predicted molar refractivity (Wildman–Crippen MR) is 69.1 cm³/mol. The van der Waals surface area contributed by atoms with Crippen molar-refractivity contribution >= 4 is 17.7 Å². The molecule has 0 radical (unpaired) electrons. The van der Waals surface area contributed by atoms with E-state index in [2.05, 4.69) is 5.32 Å². The average molecular weight is 292 g/mol. The molecular weight excluding hydrogens is 277 g/mol. The predicted octanol–water partition coefficient (Wildman–Crippen LogP) is 2.05. The molecule has 1 aromatic carbocycles. The van der Waals surface area contributed by atoms with Crippen LogP contribution in [-0.2, 0) is 4.79 Å². The summed E-state index contributed by atoms with van der Waals surface area (Å²) >= 11 is 1.58. The second-order valence-corrected chi connectivity index (χ2v) is 4.90. The summed E-state index contributed by atoms with van der Waals surface area (Å²) in [7, 11) is 0. The number of hydrogen-bond acceptors (Lipinski definition) is 3. The lowest BCUT2D eigenvalue weighted by molar-refractivity contribution is -0.128. The first-order chi connectivity index (χ1) is 8.97. The Morgan fingerprint density at radius 3 is 2.53 bits per heavy atom. The van der Waals surface area contributed by atoms with Gasteiger partial charge in [0.2, 0.25) is 5.91 Å². The molecular formula is C12H15F3N2OS. The van der Waals surface area contributed by atoms with Crippen molar-refractivity contribution in [2.45, 2.75) is 11.1 Å². The van der Waals surface area contributed by atoms with E-state index in [4.69, 9.17) is 0 Å². The van der Waals surface area contributed by atoms with Gasteiger partial charge in [0.1, 0.15) is 0 Å². The zero-order valence-electron chi connectivity index (χ0n) is 10.2. The van der Waals surface area contributed by atoms with E-state index in [0.29, 0.717) is 12.3 Å². The summed E-state index contributed by atoms with van der Waals surface area (Å²) in [5.74, 6) is 0.243. The standard InChI is InChI=1S/C12H15F3N2OS/c13-12(14,15)9-16-8-11(18)17-6-7-19-10-4-2-1-3-5-10/h1-5,16H,6-9H2,(H,17,18). The summed E-state index contributed by atoms with van der Waals surface area (Å²) in [6, 6.07) is 9.66. The van der Waals surface area contributed by atoms with Crippen LogP contribution in [0, 0.1) is 0 Å². The maximum atomic E-state index is 11.8. The topological polar surface area (TPSA) is 41.1 Å². The molecule has 19 heavy (non-hydrogen) atoms. The summed E-state index contributed by atoms with van der Waals surface area (Å²) in [5, 5.41) is 4.59. The number of carbonyl (C=O) groups excluding carboxylic acids is 1. The van der Waals surface area contributed by atoms with Gasteiger partial charge >= 0.3 is 6.18 Å². The molecule has 0 saturated heterocycles. The van der Waals surface area contributed by atoms with Crippen molar-refractivity contribution in [3.63, 3.8) is 0 Å². The monoisotopic (exact) mass is 292 g/mol. The van der Waals surface area contributed by atoms with Gasteiger partial charge in [0.15, 0.2) is 0 Å². The SMILES string of the molecule is O=C(CNCC(F)(F)F)NCCSc1ccccc1. The van der Waals surface area contributed by atoms with Gasteiger partial charge < -0.3 is 10.6 Å². The molecule has 0 unspecified atom stereocenters. The van der Waals surface area contributed by atoms with Gasteiger partial charge in [0.25, 0.3) is 0 Å². The number of nitrogens with one attached hydrogen (secondary N) is 2. The van der Waals surface area contributed by atoms with E-state index >= 15 is 0 Å². The van der Waals surface area contributed by atoms with Gasteiger partial charge in [-0.1, -0.05) is 18.2 Å². The number of alkyl halides is 3. The van der Waals surface area contributed by atoms with Crippen LogP contribution < -0.4 is 10.6 Å². The van der Waals surface area contributed by atoms with Crippen molar-refractivity contribution in [1.29, 1.82) is 0 Å². The van der Waals surface area contributed by atoms with E-state index in [1.54, 1.807) is 11.8 Å². The van der Waals surface area contributed by atoms with Crippen LogP contribution in [0.4, 0.5) is 13.2 Å². The van der Waals surface area contributed by atoms with Crippen molar-refractivity contribution in [3.8, 4) is 0 Å². The third kappa shape index (κ3) is 8.50. The van der Waals surface area contributed by atoms with Crippen molar-refractivity contribution < 1.29 is 18.0 Å². The minimum absolute atomic E-state index is 0.324. The first kappa shape index (κ1) is 15.8. The number of amides is 1. The number of thioether (sulfide) groups is 1. The molecule has 1 amide bonds. The van der Waals surface area contributed by atoms with E-state index in [-0.39, 0.29) is 6.54 Å². The summed E-state index contributed by atoms with van der Waals surface area (Å²) in [6.45, 7) is -1.05. The summed E-state index contributed by atoms with van der Waals surface area (Å²) in [6.07, 6.45) is -4.29. The van der Waals surface area contributed by atoms with Gasteiger partial charge in [-0.25, -0.2) is 0 Å². The molecule has 0 fully saturated rings. The molecule has 3 nitrogen and oxygen atoms in total. The Balaban J connectivity index is 2.05. The van der Waals surface area contributed by atoms with E-state index in [1.807, 2.05) is 35.6 Å². The molecule has 7 heteroatoms. The smallest absolute Gasteiger partial charge is 0.354 e. The van der Waals surface area contributed by atoms with Gasteiger partial charge in [-0.3, -0.25) is 4.79 Å². The lowest BCUT2D eigenvalue weighted by Gasteiger charge is -2.08. The maximum Gasteiger partial charge on any atom is 0.401 e. The number of benzene rings is 1. The zero-order chi connectivity index (χ0) is 14.1. The van der Waals surface area contributed by atoms with Crippen LogP contribution in [0.5, 0.6) is 0 Å². The van der Waals surface area contributed by atoms with Crippen molar-refractivity contribution in [2.75, 3.05) is 25.4 Å². The van der Waals surface area contributed by atoms with Crippen LogP contribution in [0.3, 0.4) is 0 Å². The molecule has 0 spiro atoms. The third-order valence-corrected chi connectivity index (χ3v) is 3.06. The largest absolute Gasteiger partial charge is 0.401 e. The lowest BCUT2D eigenvalue weighted by atomic mass is 10.4. The highest BCUT2D eigenvalue weighted by atomic mass is 32.2. The number of carbonyl (C=O) groups is 1. The fraction of sp³-hybridized carbons (Fsp3) is 0.417. The molecule has 0 atom stereocenters. The van der Waals surface area contributed by atoms with Crippen LogP contribution >= 0.6 is 11.8 Å². The van der Waals surface area contributed by atoms with Crippen LogP contribution in [0.2, 0.25) is 0 Å². The lowest BCUT2D eigenvalue weighted by Crippen LogP contribution is -2.38. The first-order valence-electron chi connectivity index (χ1n) is 5.69. The molecule has 0 aliphatic carbocycles. The molecule has 2 N–H and O–H groups in total. The van der Waals surface area contributed by atoms with Gasteiger partial charge in [-0.2, -0.15) is 13.2 Å². The Kier molecular flexibility index (Phi) is 6.72. The van der Waals surface area contributed by atoms with Crippen LogP contribution in [-0.4, -0.2) is 37.5 Å². The Bertz CT molecular complexity index is 384. The van der Waals surface area contributed by atoms with Crippen molar-refractivity contribution in [1.82, 2.24) is 10.6 Å². The fourth-order valence-corrected chi connectivity index (χ4v) is 2.05. The first-order valence-corrected chi connectivity index (χ1v) is 6.68. The van der Waals surface area contributed by atoms with Crippen LogP contribution in [0.25, 0.3) is 0 Å². The van der Waals surface area contributed by atoms with Crippen molar-refractivity contribution in [2.24, 2.45) is 0 Å². The maximum absolute atomic E-state index is 11.8. The normalized spacial score (nSPS) is 11.3. The van der Waals surface area contributed by atoms with Crippen molar-refractivity contribution in [3.05, 3.63) is 30.3 Å². The highest BCUT2D eigenvalue weighted by Gasteiger charge is 2.26. The highest BCUT2D eigenvalue weighted by molar-refractivity contribution is 7.99. The molecule has 1 aromatic rings. The number of rotatable bonds is 7. The molecule has 0 aliphatic rings. The van der Waals surface area contributed by atoms with E-state index in [0.717, 1.165) is 4.90 Å². The Morgan fingerprint density at radius 1 is 1.21 bits per heavy atom. The quantitative estimate of drug-likeness (QED) is 0.597. The molecule has 0 aliphatic heterocycles. The van der Waals surface area contributed by atoms with Crippen LogP contribution in [0.15, 0.2) is 35.2 Å². The molecule has 0 bridgehead atoms. The molecule has 106 valence electrons. The van der Waals surface area contributed by atoms with Crippen LogP contribution in [0.1, 0.15) is 0 Å². The van der Waals surface area contributed by atoms with Gasteiger partial charge in [-0.15, -0.1) is 11.8 Å². The molecule has 1 rings (SSSR count). The zero-order valence-corrected chi connectivity index (χ0v) is 11.0. The summed E-state index contributed by atoms with van der Waals surface area (Å²) in [4.78, 5) is 12.3. The molecule has 0 heterocycles. The summed E-state index contributed by atoms with van der Waals surface area (Å²) < 4.78 is 35.4. The minimum atomic E-state index is -4.29. The second kappa shape index (κ2) is 8.06. The number of hydrogen-bond donors (Lipinski definition) is 2. The van der Waals surface area contributed by atoms with E-state index in [9.17, 15) is 18.0 Å². The van der Waals surface area contributed by atoms with E-state index in [1.165, 1.54) is 0 Å². The third-order valence-electron chi connectivity index (χ3n) is 2.05. The fourth-order valence-electron chi connectivity index (χ4n) is 1.26. The summed E-state index contributed by atoms with van der Waals surface area (Å²) in [5.41, 5.74) is 0. The Morgan fingerprint density at radius 2 is 1.89 bits per heavy atom. The molecule has 0 saturated carbocycles. The second-order valence-electron chi connectivity index (χ2n) is 3.73. The van der Waals surface area contributed by atoms with Gasteiger partial charge in [-0.05, 0) is 12.1 Å². The number of halogens is 3. The molecule has 0 aromatic heterocycles. The van der Waals surface area contributed by atoms with E-state index < -0.39 is 18.6 Å². The Labute approximate surface area is 114 Å². The van der Waals surface area contributed by atoms with Gasteiger partial charge in [0.05, 0.1) is 13.1 Å². The average Bonchev–Trinajstić information content (AvgIpc) is 2.34. The minimum Gasteiger partial charge on any atom is -0.354 e.